The van der Waals surface area contributed by atoms with Crippen molar-refractivity contribution in [1.82, 2.24) is 24.4 Å². The smallest absolute Gasteiger partial charge is 0.332 e. The predicted molar refractivity (Wildman–Crippen MR) is 133 cm³/mol. The molecule has 0 radical (unpaired) electrons. The average molecular weight is 501 g/mol. The van der Waals surface area contributed by atoms with Crippen LogP contribution in [0.3, 0.4) is 0 Å². The number of nitrogens with zero attached hydrogens (tertiary/aromatic N) is 3. The molecule has 33 heavy (non-hydrogen) atoms. The molecule has 12 heteroatoms. The lowest BCUT2D eigenvalue weighted by atomic mass is 10.2. The van der Waals surface area contributed by atoms with E-state index in [2.05, 4.69) is 15.3 Å². The number of ether oxygens (including phenoxy) is 1. The van der Waals surface area contributed by atoms with Gasteiger partial charge in [-0.1, -0.05) is 13.8 Å². The quantitative estimate of drug-likeness (QED) is 0.387. The molecule has 1 amide bonds. The first kappa shape index (κ1) is 28.2. The van der Waals surface area contributed by atoms with E-state index in [1.165, 1.54) is 4.57 Å². The van der Waals surface area contributed by atoms with Gasteiger partial charge < -0.3 is 20.8 Å². The van der Waals surface area contributed by atoms with Gasteiger partial charge in [0.2, 0.25) is 0 Å². The third-order valence-electron chi connectivity index (χ3n) is 4.72. The highest BCUT2D eigenvalue weighted by molar-refractivity contribution is 5.85. The van der Waals surface area contributed by atoms with Gasteiger partial charge in [0.1, 0.15) is 17.1 Å². The molecule has 0 saturated carbocycles. The number of carbonyl (C=O) groups excluding carboxylic acids is 1. The van der Waals surface area contributed by atoms with E-state index in [1.807, 2.05) is 13.8 Å². The second-order valence-electron chi connectivity index (χ2n) is 7.13. The van der Waals surface area contributed by atoms with E-state index < -0.39 is 0 Å². The Morgan fingerprint density at radius 2 is 1.73 bits per heavy atom. The van der Waals surface area contributed by atoms with Crippen LogP contribution in [0, 0.1) is 0 Å². The minimum atomic E-state index is -0.364. The molecule has 4 N–H and O–H groups in total. The number of H-pyrrole nitrogens is 1. The van der Waals surface area contributed by atoms with Crippen LogP contribution < -0.4 is 27.0 Å². The summed E-state index contributed by atoms with van der Waals surface area (Å²) in [7, 11) is 0. The molecule has 0 bridgehead atoms. The Labute approximate surface area is 203 Å². The van der Waals surface area contributed by atoms with Crippen molar-refractivity contribution in [2.24, 2.45) is 5.73 Å². The van der Waals surface area contributed by atoms with Crippen LogP contribution in [0.15, 0.2) is 33.9 Å². The van der Waals surface area contributed by atoms with E-state index in [0.29, 0.717) is 55.3 Å². The van der Waals surface area contributed by atoms with E-state index in [9.17, 15) is 14.4 Å². The number of hydrogen-bond acceptors (Lipinski definition) is 6. The average Bonchev–Trinajstić information content (AvgIpc) is 3.22. The van der Waals surface area contributed by atoms with Crippen molar-refractivity contribution in [2.75, 3.05) is 19.7 Å². The topological polar surface area (TPSA) is 137 Å². The van der Waals surface area contributed by atoms with Gasteiger partial charge >= 0.3 is 5.69 Å². The summed E-state index contributed by atoms with van der Waals surface area (Å²) >= 11 is 0. The maximum absolute atomic E-state index is 12.8. The number of aryl methyl sites for hydroxylation is 1. The molecule has 2 aromatic heterocycles. The van der Waals surface area contributed by atoms with E-state index in [-0.39, 0.29) is 48.6 Å². The van der Waals surface area contributed by atoms with Crippen molar-refractivity contribution >= 4 is 41.9 Å². The largest absolute Gasteiger partial charge is 0.484 e. The first-order chi connectivity index (χ1) is 15.0. The molecule has 0 unspecified atom stereocenters. The van der Waals surface area contributed by atoms with Crippen LogP contribution >= 0.6 is 24.8 Å². The van der Waals surface area contributed by atoms with E-state index in [0.717, 1.165) is 12.0 Å². The van der Waals surface area contributed by atoms with E-state index in [4.69, 9.17) is 10.5 Å². The highest BCUT2D eigenvalue weighted by atomic mass is 35.5. The highest BCUT2D eigenvalue weighted by Gasteiger charge is 2.17. The summed E-state index contributed by atoms with van der Waals surface area (Å²) in [5.41, 5.74) is 6.05. The number of fused-ring (bicyclic) bond motifs is 1. The van der Waals surface area contributed by atoms with Gasteiger partial charge in [-0.2, -0.15) is 0 Å². The number of nitrogens with two attached hydrogens (primary N) is 1. The molecule has 0 saturated heterocycles. The third kappa shape index (κ3) is 6.37. The number of aromatic nitrogens is 4. The zero-order chi connectivity index (χ0) is 22.4. The molecular weight excluding hydrogens is 471 g/mol. The molecule has 1 aromatic carbocycles. The van der Waals surface area contributed by atoms with Crippen LogP contribution in [0.4, 0.5) is 0 Å². The summed E-state index contributed by atoms with van der Waals surface area (Å²) in [6.45, 7) is 5.38. The summed E-state index contributed by atoms with van der Waals surface area (Å²) in [4.78, 5) is 44.8. The van der Waals surface area contributed by atoms with Gasteiger partial charge in [-0.15, -0.1) is 24.8 Å². The summed E-state index contributed by atoms with van der Waals surface area (Å²) < 4.78 is 8.26. The van der Waals surface area contributed by atoms with Crippen molar-refractivity contribution in [3.8, 4) is 17.1 Å². The summed E-state index contributed by atoms with van der Waals surface area (Å²) in [5.74, 6) is 0.762. The third-order valence-corrected chi connectivity index (χ3v) is 4.72. The van der Waals surface area contributed by atoms with Crippen molar-refractivity contribution in [3.05, 3.63) is 45.1 Å². The lowest BCUT2D eigenvalue weighted by molar-refractivity contribution is -0.123. The monoisotopic (exact) mass is 500 g/mol. The predicted octanol–water partition coefficient (Wildman–Crippen LogP) is 1.67. The van der Waals surface area contributed by atoms with Crippen LogP contribution in [0.5, 0.6) is 5.75 Å². The van der Waals surface area contributed by atoms with E-state index in [1.54, 1.807) is 28.8 Å². The Kier molecular flexibility index (Phi) is 11.1. The number of halogens is 2. The SMILES string of the molecule is CCCn1c(=O)c2[nH]c(-c3ccc(OCC(=O)NCCN)cc3)nc2n(CCC)c1=O.Cl.Cl. The fourth-order valence-electron chi connectivity index (χ4n) is 3.27. The zero-order valence-corrected chi connectivity index (χ0v) is 20.3. The molecule has 182 valence electrons. The Balaban J connectivity index is 0.00000272. The lowest BCUT2D eigenvalue weighted by Gasteiger charge is -2.09. The molecule has 0 atom stereocenters. The number of amides is 1. The van der Waals surface area contributed by atoms with Gasteiger partial charge in [-0.05, 0) is 37.1 Å². The van der Waals surface area contributed by atoms with Gasteiger partial charge in [0.25, 0.3) is 11.5 Å². The molecular formula is C21H30Cl2N6O4. The number of hydrogen-bond donors (Lipinski definition) is 3. The Bertz CT molecular complexity index is 1170. The van der Waals surface area contributed by atoms with Crippen molar-refractivity contribution < 1.29 is 9.53 Å². The van der Waals surface area contributed by atoms with Gasteiger partial charge in [0, 0.05) is 31.7 Å². The van der Waals surface area contributed by atoms with Gasteiger partial charge in [0.05, 0.1) is 0 Å². The molecule has 0 fully saturated rings. The number of nitrogens with one attached hydrogen (secondary N) is 2. The van der Waals surface area contributed by atoms with Crippen LogP contribution in [0.2, 0.25) is 0 Å². The van der Waals surface area contributed by atoms with Gasteiger partial charge in [-0.3, -0.25) is 18.7 Å². The second-order valence-corrected chi connectivity index (χ2v) is 7.13. The van der Waals surface area contributed by atoms with Gasteiger partial charge in [-0.25, -0.2) is 9.78 Å². The fraction of sp³-hybridized carbons (Fsp3) is 0.429. The molecule has 2 heterocycles. The Morgan fingerprint density at radius 1 is 1.09 bits per heavy atom. The lowest BCUT2D eigenvalue weighted by Crippen LogP contribution is -2.40. The number of rotatable bonds is 10. The number of benzene rings is 1. The van der Waals surface area contributed by atoms with Gasteiger partial charge in [0.15, 0.2) is 12.3 Å². The summed E-state index contributed by atoms with van der Waals surface area (Å²) in [6, 6.07) is 6.98. The van der Waals surface area contributed by atoms with Crippen molar-refractivity contribution in [3.63, 3.8) is 0 Å². The van der Waals surface area contributed by atoms with Crippen LogP contribution in [0.25, 0.3) is 22.6 Å². The van der Waals surface area contributed by atoms with E-state index >= 15 is 0 Å². The van der Waals surface area contributed by atoms with Crippen LogP contribution in [0.1, 0.15) is 26.7 Å². The molecule has 0 spiro atoms. The summed E-state index contributed by atoms with van der Waals surface area (Å²) in [5, 5.41) is 2.63. The molecule has 3 rings (SSSR count). The first-order valence-corrected chi connectivity index (χ1v) is 10.4. The molecule has 3 aromatic rings. The maximum Gasteiger partial charge on any atom is 0.332 e. The van der Waals surface area contributed by atoms with Crippen LogP contribution in [-0.2, 0) is 17.9 Å². The standard InChI is InChI=1S/C21H28N6O4.2ClH/c1-3-11-26-19-17(20(29)27(12-4-2)21(26)30)24-18(25-19)14-5-7-15(8-6-14)31-13-16(28)23-10-9-22;;/h5-8H,3-4,9-13,22H2,1-2H3,(H,23,28)(H,24,25);2*1H. The maximum atomic E-state index is 12.8. The normalized spacial score (nSPS) is 10.4. The number of carbonyl (C=O) groups is 1. The van der Waals surface area contributed by atoms with Crippen LogP contribution in [-0.4, -0.2) is 44.7 Å². The Hall–Kier alpha value is -2.82. The van der Waals surface area contributed by atoms with Crippen molar-refractivity contribution in [1.29, 1.82) is 0 Å². The minimum absolute atomic E-state index is 0. The number of aromatic amines is 1. The fourth-order valence-corrected chi connectivity index (χ4v) is 3.27. The minimum Gasteiger partial charge on any atom is -0.484 e. The highest BCUT2D eigenvalue weighted by Crippen LogP contribution is 2.21. The molecule has 0 aliphatic rings. The number of imidazole rings is 1. The summed E-state index contributed by atoms with van der Waals surface area (Å²) in [6.07, 6.45) is 1.42. The molecule has 0 aliphatic carbocycles. The Morgan fingerprint density at radius 3 is 2.33 bits per heavy atom. The second kappa shape index (κ2) is 13.0. The zero-order valence-electron chi connectivity index (χ0n) is 18.6. The molecule has 10 nitrogen and oxygen atoms in total. The van der Waals surface area contributed by atoms with Crippen molar-refractivity contribution in [2.45, 2.75) is 39.8 Å². The molecule has 0 aliphatic heterocycles. The first-order valence-electron chi connectivity index (χ1n) is 10.4.